The fourth-order valence-electron chi connectivity index (χ4n) is 1.32. The van der Waals surface area contributed by atoms with Crippen LogP contribution in [0.5, 0.6) is 0 Å². The van der Waals surface area contributed by atoms with Gasteiger partial charge in [-0.25, -0.2) is 14.5 Å². The van der Waals surface area contributed by atoms with E-state index in [-0.39, 0.29) is 5.69 Å². The summed E-state index contributed by atoms with van der Waals surface area (Å²) in [7, 11) is 0. The Labute approximate surface area is 96.3 Å². The van der Waals surface area contributed by atoms with Crippen LogP contribution < -0.4 is 0 Å². The van der Waals surface area contributed by atoms with Crippen LogP contribution in [-0.4, -0.2) is 25.8 Å². The van der Waals surface area contributed by atoms with Gasteiger partial charge < -0.3 is 5.11 Å². The van der Waals surface area contributed by atoms with Crippen molar-refractivity contribution in [2.45, 2.75) is 6.92 Å². The van der Waals surface area contributed by atoms with Crippen LogP contribution >= 0.6 is 11.6 Å². The summed E-state index contributed by atoms with van der Waals surface area (Å²) in [5.41, 5.74) is 0.696. The minimum Gasteiger partial charge on any atom is -0.477 e. The van der Waals surface area contributed by atoms with Crippen LogP contribution in [0, 0.1) is 6.92 Å². The third-order valence-corrected chi connectivity index (χ3v) is 2.20. The number of pyridine rings is 1. The van der Waals surface area contributed by atoms with E-state index in [1.165, 1.54) is 16.9 Å². The molecular formula is C10H8ClN3O2. The predicted octanol–water partition coefficient (Wildman–Crippen LogP) is 1.93. The number of carbonyl (C=O) groups is 1. The van der Waals surface area contributed by atoms with Crippen LogP contribution in [0.2, 0.25) is 5.02 Å². The molecule has 1 N–H and O–H groups in total. The second-order valence-electron chi connectivity index (χ2n) is 3.22. The summed E-state index contributed by atoms with van der Waals surface area (Å²) in [5, 5.41) is 13.5. The number of carboxylic acids is 1. The molecule has 0 aliphatic carbocycles. The minimum absolute atomic E-state index is 0.0762. The van der Waals surface area contributed by atoms with Crippen LogP contribution in [0.1, 0.15) is 16.2 Å². The third kappa shape index (κ3) is 1.90. The number of halogens is 1. The maximum Gasteiger partial charge on any atom is 0.354 e. The van der Waals surface area contributed by atoms with Crippen molar-refractivity contribution in [3.05, 3.63) is 40.8 Å². The molecule has 0 amide bonds. The van der Waals surface area contributed by atoms with E-state index in [0.29, 0.717) is 16.5 Å². The Kier molecular flexibility index (Phi) is 2.62. The number of carboxylic acid groups (broad SMARTS) is 1. The molecule has 2 heterocycles. The van der Waals surface area contributed by atoms with Gasteiger partial charge in [-0.1, -0.05) is 11.6 Å². The first-order valence-electron chi connectivity index (χ1n) is 4.50. The highest BCUT2D eigenvalue weighted by Crippen LogP contribution is 2.13. The summed E-state index contributed by atoms with van der Waals surface area (Å²) in [6.07, 6.45) is 1.44. The van der Waals surface area contributed by atoms with Crippen LogP contribution in [0.15, 0.2) is 24.4 Å². The lowest BCUT2D eigenvalue weighted by molar-refractivity contribution is 0.0687. The zero-order valence-electron chi connectivity index (χ0n) is 8.38. The van der Waals surface area contributed by atoms with Crippen molar-refractivity contribution in [3.63, 3.8) is 0 Å². The van der Waals surface area contributed by atoms with E-state index in [1.54, 1.807) is 19.1 Å². The monoisotopic (exact) mass is 237 g/mol. The highest BCUT2D eigenvalue weighted by molar-refractivity contribution is 6.30. The Bertz CT molecular complexity index is 533. The minimum atomic E-state index is -1.04. The molecule has 0 aromatic carbocycles. The van der Waals surface area contributed by atoms with Crippen LogP contribution in [0.3, 0.4) is 0 Å². The van der Waals surface area contributed by atoms with Crippen LogP contribution in [0.25, 0.3) is 5.82 Å². The molecule has 5 nitrogen and oxygen atoms in total. The first kappa shape index (κ1) is 10.6. The number of aromatic carboxylic acids is 1. The Balaban J connectivity index is 2.55. The highest BCUT2D eigenvalue weighted by atomic mass is 35.5. The van der Waals surface area contributed by atoms with E-state index in [0.717, 1.165) is 0 Å². The molecule has 0 atom stereocenters. The maximum absolute atomic E-state index is 11.0. The lowest BCUT2D eigenvalue weighted by atomic mass is 10.3. The largest absolute Gasteiger partial charge is 0.477 e. The van der Waals surface area contributed by atoms with Gasteiger partial charge in [0, 0.05) is 6.20 Å². The molecular weight excluding hydrogens is 230 g/mol. The summed E-state index contributed by atoms with van der Waals surface area (Å²) in [6, 6.07) is 4.73. The Hall–Kier alpha value is -1.88. The first-order chi connectivity index (χ1) is 7.58. The van der Waals surface area contributed by atoms with Gasteiger partial charge in [-0.05, 0) is 25.1 Å². The average Bonchev–Trinajstić information content (AvgIpc) is 2.61. The van der Waals surface area contributed by atoms with Crippen molar-refractivity contribution >= 4 is 17.6 Å². The maximum atomic E-state index is 11.0. The van der Waals surface area contributed by atoms with Gasteiger partial charge in [0.2, 0.25) is 0 Å². The molecule has 2 aromatic heterocycles. The Morgan fingerprint density at radius 1 is 1.50 bits per heavy atom. The van der Waals surface area contributed by atoms with Gasteiger partial charge in [-0.2, -0.15) is 5.10 Å². The third-order valence-electron chi connectivity index (χ3n) is 1.98. The van der Waals surface area contributed by atoms with Gasteiger partial charge in [0.1, 0.15) is 0 Å². The molecule has 2 rings (SSSR count). The van der Waals surface area contributed by atoms with Gasteiger partial charge >= 0.3 is 5.97 Å². The van der Waals surface area contributed by atoms with Crippen molar-refractivity contribution in [3.8, 4) is 5.82 Å². The molecule has 0 aliphatic heterocycles. The van der Waals surface area contributed by atoms with E-state index >= 15 is 0 Å². The standard InChI is InChI=1S/C10H8ClN3O2/c1-6-4-8(10(15)16)14(13-6)9-3-2-7(11)5-12-9/h2-5H,1H3,(H,15,16). The molecule has 0 aliphatic rings. The normalized spacial score (nSPS) is 10.4. The summed E-state index contributed by atoms with van der Waals surface area (Å²) in [6.45, 7) is 1.72. The predicted molar refractivity (Wildman–Crippen MR) is 58.1 cm³/mol. The number of hydrogen-bond donors (Lipinski definition) is 1. The van der Waals surface area contributed by atoms with Crippen molar-refractivity contribution in [1.29, 1.82) is 0 Å². The van der Waals surface area contributed by atoms with Crippen LogP contribution in [0.4, 0.5) is 0 Å². The summed E-state index contributed by atoms with van der Waals surface area (Å²) >= 11 is 5.70. The zero-order chi connectivity index (χ0) is 11.7. The highest BCUT2D eigenvalue weighted by Gasteiger charge is 2.14. The number of rotatable bonds is 2. The topological polar surface area (TPSA) is 68.0 Å². The van der Waals surface area contributed by atoms with Gasteiger partial charge in [-0.3, -0.25) is 0 Å². The molecule has 0 fully saturated rings. The molecule has 0 unspecified atom stereocenters. The quantitative estimate of drug-likeness (QED) is 0.867. The van der Waals surface area contributed by atoms with Crippen molar-refractivity contribution in [2.24, 2.45) is 0 Å². The first-order valence-corrected chi connectivity index (χ1v) is 4.87. The lowest BCUT2D eigenvalue weighted by Crippen LogP contribution is -2.09. The van der Waals surface area contributed by atoms with Gasteiger partial charge in [0.05, 0.1) is 10.7 Å². The molecule has 82 valence electrons. The number of aryl methyl sites for hydroxylation is 1. The second-order valence-corrected chi connectivity index (χ2v) is 3.66. The van der Waals surface area contributed by atoms with E-state index in [1.807, 2.05) is 0 Å². The van der Waals surface area contributed by atoms with Gasteiger partial charge in [-0.15, -0.1) is 0 Å². The molecule has 0 saturated heterocycles. The van der Waals surface area contributed by atoms with Gasteiger partial charge in [0.25, 0.3) is 0 Å². The average molecular weight is 238 g/mol. The molecule has 6 heteroatoms. The van der Waals surface area contributed by atoms with E-state index in [9.17, 15) is 4.79 Å². The van der Waals surface area contributed by atoms with Crippen LogP contribution in [-0.2, 0) is 0 Å². The fourth-order valence-corrected chi connectivity index (χ4v) is 1.43. The molecule has 0 spiro atoms. The SMILES string of the molecule is Cc1cc(C(=O)O)n(-c2ccc(Cl)cn2)n1. The smallest absolute Gasteiger partial charge is 0.354 e. The Morgan fingerprint density at radius 3 is 2.81 bits per heavy atom. The molecule has 16 heavy (non-hydrogen) atoms. The lowest BCUT2D eigenvalue weighted by Gasteiger charge is -2.02. The summed E-state index contributed by atoms with van der Waals surface area (Å²) < 4.78 is 1.27. The summed E-state index contributed by atoms with van der Waals surface area (Å²) in [4.78, 5) is 15.0. The van der Waals surface area contributed by atoms with E-state index < -0.39 is 5.97 Å². The summed E-state index contributed by atoms with van der Waals surface area (Å²) in [5.74, 6) is -0.618. The fraction of sp³-hybridized carbons (Fsp3) is 0.100. The molecule has 0 saturated carbocycles. The van der Waals surface area contributed by atoms with Crippen molar-refractivity contribution in [1.82, 2.24) is 14.8 Å². The van der Waals surface area contributed by atoms with Crippen molar-refractivity contribution < 1.29 is 9.90 Å². The molecule has 2 aromatic rings. The van der Waals surface area contributed by atoms with E-state index in [4.69, 9.17) is 16.7 Å². The second kappa shape index (κ2) is 3.94. The number of nitrogens with zero attached hydrogens (tertiary/aromatic N) is 3. The molecule has 0 bridgehead atoms. The van der Waals surface area contributed by atoms with Gasteiger partial charge in [0.15, 0.2) is 11.5 Å². The molecule has 0 radical (unpaired) electrons. The van der Waals surface area contributed by atoms with Crippen molar-refractivity contribution in [2.75, 3.05) is 0 Å². The number of aromatic nitrogens is 3. The van der Waals surface area contributed by atoms with E-state index in [2.05, 4.69) is 10.1 Å². The zero-order valence-corrected chi connectivity index (χ0v) is 9.14. The number of hydrogen-bond acceptors (Lipinski definition) is 3. The Morgan fingerprint density at radius 2 is 2.25 bits per heavy atom.